The highest BCUT2D eigenvalue weighted by atomic mass is 35.5. The smallest absolute Gasteiger partial charge is 0.327 e. The van der Waals surface area contributed by atoms with Crippen molar-refractivity contribution >= 4 is 35.0 Å². The van der Waals surface area contributed by atoms with Gasteiger partial charge in [-0.3, -0.25) is 14.6 Å². The van der Waals surface area contributed by atoms with E-state index in [9.17, 15) is 14.7 Å². The Kier molecular flexibility index (Phi) is 8.48. The number of carbonyl (C=O) groups is 2. The number of pyridine rings is 1. The van der Waals surface area contributed by atoms with E-state index in [1.807, 2.05) is 0 Å². The van der Waals surface area contributed by atoms with Gasteiger partial charge in [0.15, 0.2) is 0 Å². The van der Waals surface area contributed by atoms with Crippen molar-refractivity contribution in [1.82, 2.24) is 15.2 Å². The van der Waals surface area contributed by atoms with Crippen LogP contribution >= 0.6 is 23.2 Å². The number of imide groups is 1. The fourth-order valence-electron chi connectivity index (χ4n) is 5.11. The monoisotopic (exact) mass is 601 g/mol. The van der Waals surface area contributed by atoms with Crippen molar-refractivity contribution in [3.8, 4) is 11.1 Å². The van der Waals surface area contributed by atoms with Crippen LogP contribution in [0.5, 0.6) is 0 Å². The number of nitrogens with one attached hydrogen (secondary N) is 1. The Bertz CT molecular complexity index is 1450. The molecule has 2 aliphatic rings. The summed E-state index contributed by atoms with van der Waals surface area (Å²) < 4.78 is 23.6. The Labute approximate surface area is 247 Å². The van der Waals surface area contributed by atoms with E-state index in [1.165, 1.54) is 19.2 Å². The van der Waals surface area contributed by atoms with E-state index in [4.69, 9.17) is 33.0 Å². The van der Waals surface area contributed by atoms with E-state index in [-0.39, 0.29) is 30.8 Å². The van der Waals surface area contributed by atoms with E-state index in [2.05, 4.69) is 10.3 Å². The molecule has 3 N–H and O–H groups in total. The molecule has 2 atom stereocenters. The van der Waals surface area contributed by atoms with Crippen molar-refractivity contribution in [2.75, 3.05) is 26.3 Å². The normalized spacial score (nSPS) is 19.8. The maximum Gasteiger partial charge on any atom is 0.327 e. The Morgan fingerprint density at radius 2 is 1.80 bits per heavy atom. The number of aliphatic hydroxyl groups excluding tert-OH is 2. The van der Waals surface area contributed by atoms with E-state index in [0.717, 1.165) is 12.8 Å². The summed E-state index contributed by atoms with van der Waals surface area (Å²) in [7, 11) is 0. The van der Waals surface area contributed by atoms with Gasteiger partial charge >= 0.3 is 5.98 Å². The van der Waals surface area contributed by atoms with Gasteiger partial charge in [-0.2, -0.15) is 4.39 Å². The van der Waals surface area contributed by atoms with Crippen molar-refractivity contribution in [2.45, 2.75) is 38.3 Å². The fourth-order valence-corrected chi connectivity index (χ4v) is 5.35. The van der Waals surface area contributed by atoms with Gasteiger partial charge in [0.1, 0.15) is 6.10 Å². The van der Waals surface area contributed by atoms with Crippen molar-refractivity contribution in [2.24, 2.45) is 5.41 Å². The van der Waals surface area contributed by atoms with Gasteiger partial charge in [0.25, 0.3) is 11.8 Å². The molecule has 0 saturated heterocycles. The number of hydrogen-bond acceptors (Lipinski definition) is 7. The minimum absolute atomic E-state index is 0.0357. The van der Waals surface area contributed by atoms with E-state index in [0.29, 0.717) is 50.4 Å². The summed E-state index contributed by atoms with van der Waals surface area (Å²) in [5.41, 5.74) is 1.73. The molecule has 11 heteroatoms. The highest BCUT2D eigenvalue weighted by Crippen LogP contribution is 2.51. The molecule has 0 bridgehead atoms. The number of rotatable bonds is 11. The Morgan fingerprint density at radius 3 is 2.41 bits per heavy atom. The number of carbonyl (C=O) groups excluding carboxylic acids is 2. The van der Waals surface area contributed by atoms with Crippen LogP contribution in [0.1, 0.15) is 46.9 Å². The molecule has 5 rings (SSSR count). The molecular weight excluding hydrogens is 572 g/mol. The highest BCUT2D eigenvalue weighted by molar-refractivity contribution is 6.30. The molecule has 2 aromatic carbocycles. The third-order valence-electron chi connectivity index (χ3n) is 7.54. The largest absolute Gasteiger partial charge is 0.395 e. The van der Waals surface area contributed by atoms with Gasteiger partial charge in [-0.25, -0.2) is 4.90 Å². The van der Waals surface area contributed by atoms with Crippen LogP contribution in [0.25, 0.3) is 11.1 Å². The minimum atomic E-state index is -2.99. The number of fused-ring (bicyclic) bond motifs is 1. The van der Waals surface area contributed by atoms with E-state index < -0.39 is 29.3 Å². The third-order valence-corrected chi connectivity index (χ3v) is 8.01. The first kappa shape index (κ1) is 29.6. The van der Waals surface area contributed by atoms with Crippen LogP contribution in [0.4, 0.5) is 4.39 Å². The molecule has 41 heavy (non-hydrogen) atoms. The maximum atomic E-state index is 17.6. The second-order valence-corrected chi connectivity index (χ2v) is 11.4. The average Bonchev–Trinajstić information content (AvgIpc) is 3.69. The first-order valence-electron chi connectivity index (χ1n) is 13.3. The topological polar surface area (TPSA) is 112 Å². The molecule has 2 amide bonds. The molecule has 1 unspecified atom stereocenters. The molecule has 3 aromatic rings. The van der Waals surface area contributed by atoms with Crippen LogP contribution in [-0.4, -0.2) is 64.3 Å². The molecule has 1 fully saturated rings. The molecule has 8 nitrogen and oxygen atoms in total. The molecule has 1 aliphatic carbocycles. The number of hydrogen-bond donors (Lipinski definition) is 3. The van der Waals surface area contributed by atoms with E-state index >= 15 is 4.39 Å². The van der Waals surface area contributed by atoms with E-state index in [1.54, 1.807) is 42.5 Å². The summed E-state index contributed by atoms with van der Waals surface area (Å²) >= 11 is 12.2. The molecule has 1 saturated carbocycles. The first-order chi connectivity index (χ1) is 19.6. The summed E-state index contributed by atoms with van der Waals surface area (Å²) in [5, 5.41) is 23.4. The number of nitrogens with zero attached hydrogens (tertiary/aromatic N) is 2. The molecule has 2 heterocycles. The van der Waals surface area contributed by atoms with Crippen LogP contribution < -0.4 is 5.32 Å². The van der Waals surface area contributed by atoms with Gasteiger partial charge in [0.2, 0.25) is 0 Å². The molecule has 0 spiro atoms. The highest BCUT2D eigenvalue weighted by Gasteiger charge is 2.59. The number of aliphatic hydroxyl groups is 2. The minimum Gasteiger partial charge on any atom is -0.395 e. The van der Waals surface area contributed by atoms with Crippen LogP contribution in [0, 0.1) is 5.41 Å². The molecular formula is C30H30Cl2FN3O5. The Morgan fingerprint density at radius 1 is 1.12 bits per heavy atom. The quantitative estimate of drug-likeness (QED) is 0.220. The zero-order valence-electron chi connectivity index (χ0n) is 22.4. The van der Waals surface area contributed by atoms with Crippen molar-refractivity contribution in [1.29, 1.82) is 0 Å². The number of alkyl halides is 1. The lowest BCUT2D eigenvalue weighted by atomic mass is 9.89. The number of ether oxygens (including phenoxy) is 1. The van der Waals surface area contributed by atoms with Gasteiger partial charge in [0.05, 0.1) is 29.4 Å². The number of benzene rings is 2. The van der Waals surface area contributed by atoms with Gasteiger partial charge in [0, 0.05) is 41.8 Å². The molecule has 1 aliphatic heterocycles. The summed E-state index contributed by atoms with van der Waals surface area (Å²) in [5.74, 6) is -5.00. The fraction of sp³-hybridized carbons (Fsp3) is 0.367. The average molecular weight is 602 g/mol. The first-order valence-corrected chi connectivity index (χ1v) is 14.1. The number of aromatic nitrogens is 1. The van der Waals surface area contributed by atoms with Crippen LogP contribution in [0.2, 0.25) is 10.0 Å². The van der Waals surface area contributed by atoms with Crippen molar-refractivity contribution in [3.05, 3.63) is 87.2 Å². The second-order valence-electron chi connectivity index (χ2n) is 10.6. The number of halogens is 3. The third kappa shape index (κ3) is 5.88. The standard InChI is InChI=1S/C30H30Cl2FN3O5/c1-18(38)27(39)36-28(40)24-9-8-23(19-2-4-20(31)5-3-19)25(14-22-7-6-21(32)15-35-22)26(24)30(36,33)41-17-29(10-11-29)16-34-12-13-37/h2-9,15,18,34,37-38H,10-14,16-17H2,1H3/t18?,30-/m1/s1. The molecule has 1 aromatic heterocycles. The predicted octanol–water partition coefficient (Wildman–Crippen LogP) is 4.47. The predicted molar refractivity (Wildman–Crippen MR) is 152 cm³/mol. The van der Waals surface area contributed by atoms with Crippen molar-refractivity contribution < 1.29 is 28.9 Å². The summed E-state index contributed by atoms with van der Waals surface area (Å²) in [6.07, 6.45) is 1.43. The van der Waals surface area contributed by atoms with Gasteiger partial charge < -0.3 is 20.3 Å². The molecule has 216 valence electrons. The Hall–Kier alpha value is -2.92. The maximum absolute atomic E-state index is 17.6. The number of amides is 2. The summed E-state index contributed by atoms with van der Waals surface area (Å²) in [6, 6.07) is 13.5. The lowest BCUT2D eigenvalue weighted by molar-refractivity contribution is -0.238. The molecule has 0 radical (unpaired) electrons. The SMILES string of the molecule is CC(O)C(=O)N1C(=O)c2ccc(-c3ccc(Cl)cc3)c(Cc3ccc(Cl)cn3)c2[C@]1(F)OCC1(CNCCO)CC1. The van der Waals surface area contributed by atoms with Gasteiger partial charge in [-0.15, -0.1) is 0 Å². The van der Waals surface area contributed by atoms with Gasteiger partial charge in [-0.1, -0.05) is 41.4 Å². The zero-order chi connectivity index (χ0) is 29.4. The van der Waals surface area contributed by atoms with Crippen LogP contribution in [0.15, 0.2) is 54.7 Å². The van der Waals surface area contributed by atoms with Crippen molar-refractivity contribution in [3.63, 3.8) is 0 Å². The van der Waals surface area contributed by atoms with Gasteiger partial charge in [-0.05, 0) is 66.8 Å². The lowest BCUT2D eigenvalue weighted by Gasteiger charge is -2.33. The lowest BCUT2D eigenvalue weighted by Crippen LogP contribution is -2.51. The Balaban J connectivity index is 1.65. The second kappa shape index (κ2) is 11.8. The summed E-state index contributed by atoms with van der Waals surface area (Å²) in [4.78, 5) is 31.6. The summed E-state index contributed by atoms with van der Waals surface area (Å²) in [6.45, 7) is 1.89. The zero-order valence-corrected chi connectivity index (χ0v) is 23.9. The van der Waals surface area contributed by atoms with Crippen LogP contribution in [-0.2, 0) is 21.9 Å². The van der Waals surface area contributed by atoms with Crippen LogP contribution in [0.3, 0.4) is 0 Å².